The average Bonchev–Trinajstić information content (AvgIpc) is 2.33. The van der Waals surface area contributed by atoms with Crippen LogP contribution in [0.1, 0.15) is 37.8 Å². The molecule has 0 amide bonds. The molecule has 0 fully saturated rings. The van der Waals surface area contributed by atoms with Crippen LogP contribution in [0.25, 0.3) is 0 Å². The van der Waals surface area contributed by atoms with Gasteiger partial charge in [0.2, 0.25) is 0 Å². The van der Waals surface area contributed by atoms with Gasteiger partial charge in [-0.3, -0.25) is 0 Å². The highest BCUT2D eigenvalue weighted by atomic mass is 35.5. The van der Waals surface area contributed by atoms with Crippen molar-refractivity contribution in [3.05, 3.63) is 34.3 Å². The van der Waals surface area contributed by atoms with Gasteiger partial charge in [0.05, 0.1) is 6.61 Å². The summed E-state index contributed by atoms with van der Waals surface area (Å²) < 4.78 is 0. The van der Waals surface area contributed by atoms with Gasteiger partial charge >= 0.3 is 0 Å². The zero-order valence-electron chi connectivity index (χ0n) is 10.9. The fraction of sp³-hybridized carbons (Fsp3) is 0.571. The molecule has 0 aromatic heterocycles. The number of halogens is 1. The van der Waals surface area contributed by atoms with Gasteiger partial charge in [-0.05, 0) is 37.0 Å². The molecule has 0 heterocycles. The van der Waals surface area contributed by atoms with Crippen LogP contribution in [0, 0.1) is 6.92 Å². The Morgan fingerprint density at radius 1 is 1.29 bits per heavy atom. The summed E-state index contributed by atoms with van der Waals surface area (Å²) in [5.74, 6) is 0. The Balaban J connectivity index is 2.72. The minimum absolute atomic E-state index is 0.156. The molecule has 0 aliphatic carbocycles. The van der Waals surface area contributed by atoms with Crippen molar-refractivity contribution < 1.29 is 5.11 Å². The lowest BCUT2D eigenvalue weighted by Gasteiger charge is -2.31. The largest absolute Gasteiger partial charge is 0.394 e. The zero-order valence-corrected chi connectivity index (χ0v) is 11.6. The second kappa shape index (κ2) is 6.39. The van der Waals surface area contributed by atoms with Gasteiger partial charge in [-0.2, -0.15) is 0 Å². The molecule has 0 radical (unpaired) electrons. The van der Waals surface area contributed by atoms with Crippen LogP contribution < -0.4 is 5.32 Å². The molecule has 0 spiro atoms. The first-order chi connectivity index (χ1) is 8.06. The first kappa shape index (κ1) is 14.5. The topological polar surface area (TPSA) is 32.3 Å². The monoisotopic (exact) mass is 255 g/mol. The normalized spacial score (nSPS) is 11.8. The third-order valence-electron chi connectivity index (χ3n) is 3.52. The van der Waals surface area contributed by atoms with Gasteiger partial charge in [-0.15, -0.1) is 0 Å². The fourth-order valence-electron chi connectivity index (χ4n) is 1.86. The molecule has 0 saturated carbocycles. The summed E-state index contributed by atoms with van der Waals surface area (Å²) >= 11 is 6.19. The molecule has 0 unspecified atom stereocenters. The van der Waals surface area contributed by atoms with E-state index in [2.05, 4.69) is 25.2 Å². The molecule has 0 saturated heterocycles. The van der Waals surface area contributed by atoms with E-state index in [1.807, 2.05) is 19.1 Å². The van der Waals surface area contributed by atoms with Gasteiger partial charge in [0.15, 0.2) is 0 Å². The van der Waals surface area contributed by atoms with E-state index in [1.54, 1.807) is 0 Å². The third kappa shape index (κ3) is 3.70. The Bertz CT molecular complexity index is 353. The fourth-order valence-corrected chi connectivity index (χ4v) is 2.16. The first-order valence-corrected chi connectivity index (χ1v) is 6.55. The first-order valence-electron chi connectivity index (χ1n) is 6.18. The summed E-state index contributed by atoms with van der Waals surface area (Å²) in [6, 6.07) is 6.07. The molecule has 17 heavy (non-hydrogen) atoms. The summed E-state index contributed by atoms with van der Waals surface area (Å²) in [6.45, 7) is 7.05. The predicted molar refractivity (Wildman–Crippen MR) is 73.4 cm³/mol. The lowest BCUT2D eigenvalue weighted by molar-refractivity contribution is 0.149. The van der Waals surface area contributed by atoms with Gasteiger partial charge in [0, 0.05) is 17.1 Å². The van der Waals surface area contributed by atoms with Gasteiger partial charge in [0.25, 0.3) is 0 Å². The van der Waals surface area contributed by atoms with E-state index in [4.69, 9.17) is 11.6 Å². The SMILES string of the molecule is CCC(CC)(CO)NCc1ccc(C)cc1Cl. The van der Waals surface area contributed by atoms with Crippen molar-refractivity contribution in [3.63, 3.8) is 0 Å². The molecule has 2 nitrogen and oxygen atoms in total. The van der Waals surface area contributed by atoms with E-state index >= 15 is 0 Å². The maximum atomic E-state index is 9.47. The molecule has 96 valence electrons. The average molecular weight is 256 g/mol. The molecular weight excluding hydrogens is 234 g/mol. The molecule has 0 atom stereocenters. The summed E-state index contributed by atoms with van der Waals surface area (Å²) in [7, 11) is 0. The van der Waals surface area contributed by atoms with E-state index < -0.39 is 0 Å². The van der Waals surface area contributed by atoms with Crippen molar-refractivity contribution in [1.82, 2.24) is 5.32 Å². The van der Waals surface area contributed by atoms with E-state index in [-0.39, 0.29) is 12.1 Å². The Morgan fingerprint density at radius 3 is 2.41 bits per heavy atom. The molecule has 0 bridgehead atoms. The van der Waals surface area contributed by atoms with Crippen LogP contribution in [0.5, 0.6) is 0 Å². The summed E-state index contributed by atoms with van der Waals surface area (Å²) in [5, 5.41) is 13.7. The number of aliphatic hydroxyl groups excluding tert-OH is 1. The van der Waals surface area contributed by atoms with E-state index in [1.165, 1.54) is 0 Å². The second-order valence-electron chi connectivity index (χ2n) is 4.59. The van der Waals surface area contributed by atoms with Crippen LogP contribution in [-0.2, 0) is 6.54 Å². The predicted octanol–water partition coefficient (Wildman–Crippen LogP) is 3.29. The highest BCUT2D eigenvalue weighted by Gasteiger charge is 2.24. The van der Waals surface area contributed by atoms with Crippen LogP contribution in [0.4, 0.5) is 0 Å². The van der Waals surface area contributed by atoms with Gasteiger partial charge in [0.1, 0.15) is 0 Å². The molecular formula is C14H22ClNO. The van der Waals surface area contributed by atoms with Gasteiger partial charge in [-0.25, -0.2) is 0 Å². The lowest BCUT2D eigenvalue weighted by atomic mass is 9.93. The third-order valence-corrected chi connectivity index (χ3v) is 3.87. The molecule has 0 aliphatic rings. The van der Waals surface area contributed by atoms with Crippen LogP contribution in [0.3, 0.4) is 0 Å². The highest BCUT2D eigenvalue weighted by Crippen LogP contribution is 2.20. The van der Waals surface area contributed by atoms with Crippen LogP contribution in [0.2, 0.25) is 5.02 Å². The number of nitrogens with one attached hydrogen (secondary N) is 1. The summed E-state index contributed by atoms with van der Waals surface area (Å²) in [6.07, 6.45) is 1.81. The maximum Gasteiger partial charge on any atom is 0.0613 e. The number of rotatable bonds is 6. The van der Waals surface area contributed by atoms with Crippen LogP contribution in [0.15, 0.2) is 18.2 Å². The standard InChI is InChI=1S/C14H22ClNO/c1-4-14(5-2,10-17)16-9-12-7-6-11(3)8-13(12)15/h6-8,16-17H,4-5,9-10H2,1-3H3. The number of hydrogen-bond acceptors (Lipinski definition) is 2. The molecule has 1 rings (SSSR count). The van der Waals surface area contributed by atoms with Crippen molar-refractivity contribution in [2.45, 2.75) is 45.7 Å². The maximum absolute atomic E-state index is 9.47. The summed E-state index contributed by atoms with van der Waals surface area (Å²) in [4.78, 5) is 0. The van der Waals surface area contributed by atoms with E-state index in [0.29, 0.717) is 6.54 Å². The summed E-state index contributed by atoms with van der Waals surface area (Å²) in [5.41, 5.74) is 2.06. The smallest absolute Gasteiger partial charge is 0.0613 e. The Kier molecular flexibility index (Phi) is 5.44. The van der Waals surface area contributed by atoms with Crippen LogP contribution in [-0.4, -0.2) is 17.3 Å². The Labute approximate surface area is 109 Å². The van der Waals surface area contributed by atoms with Gasteiger partial charge < -0.3 is 10.4 Å². The number of aryl methyl sites for hydroxylation is 1. The zero-order chi connectivity index (χ0) is 12.9. The molecule has 3 heteroatoms. The van der Waals surface area contributed by atoms with Crippen molar-refractivity contribution in [1.29, 1.82) is 0 Å². The van der Waals surface area contributed by atoms with Crippen molar-refractivity contribution in [2.24, 2.45) is 0 Å². The van der Waals surface area contributed by atoms with E-state index in [0.717, 1.165) is 29.0 Å². The molecule has 0 aliphatic heterocycles. The molecule has 1 aromatic rings. The number of hydrogen-bond donors (Lipinski definition) is 2. The van der Waals surface area contributed by atoms with Crippen LogP contribution >= 0.6 is 11.6 Å². The minimum atomic E-state index is -0.186. The lowest BCUT2D eigenvalue weighted by Crippen LogP contribution is -2.47. The molecule has 2 N–H and O–H groups in total. The van der Waals surface area contributed by atoms with E-state index in [9.17, 15) is 5.11 Å². The van der Waals surface area contributed by atoms with Crippen molar-refractivity contribution >= 4 is 11.6 Å². The second-order valence-corrected chi connectivity index (χ2v) is 5.00. The molecule has 1 aromatic carbocycles. The number of aliphatic hydroxyl groups is 1. The van der Waals surface area contributed by atoms with Gasteiger partial charge in [-0.1, -0.05) is 37.6 Å². The Morgan fingerprint density at radius 2 is 1.94 bits per heavy atom. The quantitative estimate of drug-likeness (QED) is 0.818. The van der Waals surface area contributed by atoms with Crippen molar-refractivity contribution in [2.75, 3.05) is 6.61 Å². The van der Waals surface area contributed by atoms with Crippen molar-refractivity contribution in [3.8, 4) is 0 Å². The minimum Gasteiger partial charge on any atom is -0.394 e. The highest BCUT2D eigenvalue weighted by molar-refractivity contribution is 6.31. The number of benzene rings is 1. The Hall–Kier alpha value is -0.570.